The molecule has 0 spiro atoms. The van der Waals surface area contributed by atoms with Gasteiger partial charge in [-0.3, -0.25) is 0 Å². The molecular formula is C10H10BrFN4. The van der Waals surface area contributed by atoms with Gasteiger partial charge in [0.05, 0.1) is 22.1 Å². The Balaban J connectivity index is 2.60. The molecule has 16 heavy (non-hydrogen) atoms. The van der Waals surface area contributed by atoms with Crippen LogP contribution in [0.1, 0.15) is 11.3 Å². The second kappa shape index (κ2) is 4.31. The van der Waals surface area contributed by atoms with Crippen molar-refractivity contribution >= 4 is 15.9 Å². The van der Waals surface area contributed by atoms with Crippen LogP contribution in [0.2, 0.25) is 0 Å². The molecule has 4 nitrogen and oxygen atoms in total. The van der Waals surface area contributed by atoms with E-state index in [1.165, 1.54) is 6.07 Å². The standard InChI is InChI=1S/C10H10BrFN4/c1-6-2-8(11)9(12)3-10(6)16-7(4-13)5-14-15-16/h2-3,5H,4,13H2,1H3. The third kappa shape index (κ3) is 1.85. The number of hydrogen-bond acceptors (Lipinski definition) is 3. The van der Waals surface area contributed by atoms with E-state index < -0.39 is 0 Å². The summed E-state index contributed by atoms with van der Waals surface area (Å²) in [5, 5.41) is 7.65. The van der Waals surface area contributed by atoms with E-state index >= 15 is 0 Å². The smallest absolute Gasteiger partial charge is 0.139 e. The summed E-state index contributed by atoms with van der Waals surface area (Å²) in [6, 6.07) is 3.11. The molecule has 0 bridgehead atoms. The number of hydrogen-bond donors (Lipinski definition) is 1. The number of rotatable bonds is 2. The lowest BCUT2D eigenvalue weighted by Gasteiger charge is -2.09. The molecular weight excluding hydrogens is 275 g/mol. The molecule has 0 saturated heterocycles. The molecule has 0 atom stereocenters. The predicted molar refractivity (Wildman–Crippen MR) is 61.6 cm³/mol. The first-order valence-electron chi connectivity index (χ1n) is 4.69. The maximum atomic E-state index is 13.4. The van der Waals surface area contributed by atoms with Gasteiger partial charge in [-0.2, -0.15) is 0 Å². The quantitative estimate of drug-likeness (QED) is 0.917. The van der Waals surface area contributed by atoms with Gasteiger partial charge in [0.1, 0.15) is 5.82 Å². The Hall–Kier alpha value is -1.27. The Bertz CT molecular complexity index is 524. The van der Waals surface area contributed by atoms with Gasteiger partial charge in [-0.15, -0.1) is 5.10 Å². The number of aromatic nitrogens is 3. The van der Waals surface area contributed by atoms with Crippen LogP contribution in [0.4, 0.5) is 4.39 Å². The van der Waals surface area contributed by atoms with Gasteiger partial charge in [-0.25, -0.2) is 9.07 Å². The Kier molecular flexibility index (Phi) is 3.02. The second-order valence-electron chi connectivity index (χ2n) is 3.39. The van der Waals surface area contributed by atoms with Crippen LogP contribution in [0, 0.1) is 12.7 Å². The molecule has 0 aliphatic carbocycles. The molecule has 1 heterocycles. The fraction of sp³-hybridized carbons (Fsp3) is 0.200. The minimum Gasteiger partial charge on any atom is -0.325 e. The number of benzene rings is 1. The summed E-state index contributed by atoms with van der Waals surface area (Å²) in [6.45, 7) is 2.19. The molecule has 84 valence electrons. The molecule has 0 aliphatic rings. The monoisotopic (exact) mass is 284 g/mol. The molecule has 0 amide bonds. The van der Waals surface area contributed by atoms with Crippen molar-refractivity contribution in [1.29, 1.82) is 0 Å². The number of nitrogens with two attached hydrogens (primary N) is 1. The summed E-state index contributed by atoms with van der Waals surface area (Å²) in [7, 11) is 0. The summed E-state index contributed by atoms with van der Waals surface area (Å²) in [4.78, 5) is 0. The van der Waals surface area contributed by atoms with Crippen LogP contribution in [-0.2, 0) is 6.54 Å². The van der Waals surface area contributed by atoms with E-state index in [9.17, 15) is 4.39 Å². The Morgan fingerprint density at radius 2 is 2.25 bits per heavy atom. The Labute approximate surface area is 100 Å². The molecule has 0 unspecified atom stereocenters. The number of halogens is 2. The fourth-order valence-corrected chi connectivity index (χ4v) is 1.92. The average molecular weight is 285 g/mol. The lowest BCUT2D eigenvalue weighted by molar-refractivity contribution is 0.616. The van der Waals surface area contributed by atoms with Gasteiger partial charge in [0.25, 0.3) is 0 Å². The highest BCUT2D eigenvalue weighted by molar-refractivity contribution is 9.10. The van der Waals surface area contributed by atoms with Crippen LogP contribution in [0.15, 0.2) is 22.8 Å². The molecule has 6 heteroatoms. The van der Waals surface area contributed by atoms with Crippen molar-refractivity contribution < 1.29 is 4.39 Å². The SMILES string of the molecule is Cc1cc(Br)c(F)cc1-n1nncc1CN. The van der Waals surface area contributed by atoms with Gasteiger partial charge in [0.15, 0.2) is 0 Å². The van der Waals surface area contributed by atoms with Crippen LogP contribution < -0.4 is 5.73 Å². The first kappa shape index (κ1) is 11.2. The van der Waals surface area contributed by atoms with Crippen LogP contribution >= 0.6 is 15.9 Å². The first-order chi connectivity index (χ1) is 7.63. The van der Waals surface area contributed by atoms with E-state index in [1.807, 2.05) is 6.92 Å². The van der Waals surface area contributed by atoms with Crippen molar-refractivity contribution in [3.05, 3.63) is 39.9 Å². The van der Waals surface area contributed by atoms with E-state index in [0.717, 1.165) is 11.3 Å². The normalized spacial score (nSPS) is 10.8. The highest BCUT2D eigenvalue weighted by Crippen LogP contribution is 2.23. The van der Waals surface area contributed by atoms with Crippen LogP contribution in [0.5, 0.6) is 0 Å². The molecule has 0 fully saturated rings. The Morgan fingerprint density at radius 1 is 1.50 bits per heavy atom. The minimum atomic E-state index is -0.334. The summed E-state index contributed by atoms with van der Waals surface area (Å²) in [5.41, 5.74) is 7.84. The summed E-state index contributed by atoms with van der Waals surface area (Å²) in [5.74, 6) is -0.334. The number of aryl methyl sites for hydroxylation is 1. The van der Waals surface area contributed by atoms with E-state index in [-0.39, 0.29) is 5.82 Å². The largest absolute Gasteiger partial charge is 0.325 e. The Morgan fingerprint density at radius 3 is 2.94 bits per heavy atom. The van der Waals surface area contributed by atoms with Crippen molar-refractivity contribution in [1.82, 2.24) is 15.0 Å². The highest BCUT2D eigenvalue weighted by Gasteiger charge is 2.10. The third-order valence-corrected chi connectivity index (χ3v) is 2.90. The van der Waals surface area contributed by atoms with Gasteiger partial charge >= 0.3 is 0 Å². The molecule has 2 aromatic rings. The van der Waals surface area contributed by atoms with Crippen LogP contribution in [0.25, 0.3) is 5.69 Å². The van der Waals surface area contributed by atoms with E-state index in [4.69, 9.17) is 5.73 Å². The van der Waals surface area contributed by atoms with Crippen molar-refractivity contribution in [2.24, 2.45) is 5.73 Å². The summed E-state index contributed by atoms with van der Waals surface area (Å²) < 4.78 is 15.4. The summed E-state index contributed by atoms with van der Waals surface area (Å²) >= 11 is 3.13. The lowest BCUT2D eigenvalue weighted by atomic mass is 10.2. The molecule has 2 rings (SSSR count). The zero-order valence-electron chi connectivity index (χ0n) is 8.61. The van der Waals surface area contributed by atoms with E-state index in [1.54, 1.807) is 16.9 Å². The molecule has 2 N–H and O–H groups in total. The molecule has 0 saturated carbocycles. The van der Waals surface area contributed by atoms with Gasteiger partial charge in [0.2, 0.25) is 0 Å². The molecule has 0 aliphatic heterocycles. The predicted octanol–water partition coefficient (Wildman–Crippen LogP) is 1.94. The zero-order chi connectivity index (χ0) is 11.7. The second-order valence-corrected chi connectivity index (χ2v) is 4.25. The lowest BCUT2D eigenvalue weighted by Crippen LogP contribution is -2.08. The van der Waals surface area contributed by atoms with Crippen LogP contribution in [0.3, 0.4) is 0 Å². The fourth-order valence-electron chi connectivity index (χ4n) is 1.46. The van der Waals surface area contributed by atoms with Crippen molar-refractivity contribution in [3.63, 3.8) is 0 Å². The van der Waals surface area contributed by atoms with Crippen molar-refractivity contribution in [2.45, 2.75) is 13.5 Å². The van der Waals surface area contributed by atoms with Gasteiger partial charge in [-0.1, -0.05) is 5.21 Å². The average Bonchev–Trinajstić information content (AvgIpc) is 2.71. The maximum absolute atomic E-state index is 13.4. The van der Waals surface area contributed by atoms with Crippen LogP contribution in [-0.4, -0.2) is 15.0 Å². The number of nitrogens with zero attached hydrogens (tertiary/aromatic N) is 3. The highest BCUT2D eigenvalue weighted by atomic mass is 79.9. The molecule has 0 radical (unpaired) electrons. The zero-order valence-corrected chi connectivity index (χ0v) is 10.2. The summed E-state index contributed by atoms with van der Waals surface area (Å²) in [6.07, 6.45) is 1.57. The topological polar surface area (TPSA) is 56.7 Å². The molecule has 1 aromatic heterocycles. The first-order valence-corrected chi connectivity index (χ1v) is 5.48. The maximum Gasteiger partial charge on any atom is 0.139 e. The minimum absolute atomic E-state index is 0.310. The van der Waals surface area contributed by atoms with E-state index in [2.05, 4.69) is 26.2 Å². The third-order valence-electron chi connectivity index (χ3n) is 2.30. The van der Waals surface area contributed by atoms with Gasteiger partial charge in [0, 0.05) is 12.6 Å². The van der Waals surface area contributed by atoms with E-state index in [0.29, 0.717) is 16.7 Å². The van der Waals surface area contributed by atoms with Gasteiger partial charge < -0.3 is 5.73 Å². The van der Waals surface area contributed by atoms with Crippen molar-refractivity contribution in [3.8, 4) is 5.69 Å². The molecule has 1 aromatic carbocycles. The van der Waals surface area contributed by atoms with Crippen molar-refractivity contribution in [2.75, 3.05) is 0 Å². The van der Waals surface area contributed by atoms with Gasteiger partial charge in [-0.05, 0) is 34.5 Å².